The number of fused-ring (bicyclic) bond motifs is 1. The number of hydrogen-bond acceptors (Lipinski definition) is 6. The van der Waals surface area contributed by atoms with Crippen LogP contribution in [0, 0.1) is 23.5 Å². The highest BCUT2D eigenvalue weighted by molar-refractivity contribution is 6.00. The van der Waals surface area contributed by atoms with Gasteiger partial charge in [-0.25, -0.2) is 23.5 Å². The first kappa shape index (κ1) is 33.2. The summed E-state index contributed by atoms with van der Waals surface area (Å²) in [5.74, 6) is -3.21. The second-order valence-corrected chi connectivity index (χ2v) is 12.3. The molecule has 13 heteroatoms. The van der Waals surface area contributed by atoms with Crippen LogP contribution in [0.1, 0.15) is 43.0 Å². The van der Waals surface area contributed by atoms with E-state index in [0.717, 1.165) is 17.2 Å². The van der Waals surface area contributed by atoms with E-state index >= 15 is 4.39 Å². The molecule has 47 heavy (non-hydrogen) atoms. The number of carbonyl (C=O) groups excluding carboxylic acids is 4. The van der Waals surface area contributed by atoms with Gasteiger partial charge in [0, 0.05) is 50.5 Å². The molecule has 0 unspecified atom stereocenters. The van der Waals surface area contributed by atoms with Crippen LogP contribution in [0.15, 0.2) is 79.9 Å². The Hall–Kier alpha value is -5.20. The minimum Gasteiger partial charge on any atom is -0.347 e. The van der Waals surface area contributed by atoms with Crippen molar-refractivity contribution in [1.29, 1.82) is 0 Å². The maximum atomic E-state index is 15.0. The van der Waals surface area contributed by atoms with E-state index < -0.39 is 41.6 Å². The van der Waals surface area contributed by atoms with E-state index in [1.165, 1.54) is 51.8 Å². The van der Waals surface area contributed by atoms with Gasteiger partial charge in [-0.1, -0.05) is 44.2 Å². The van der Waals surface area contributed by atoms with E-state index in [-0.39, 0.29) is 29.3 Å². The summed E-state index contributed by atoms with van der Waals surface area (Å²) >= 11 is 0. The molecule has 246 valence electrons. The number of imidazole rings is 2. The summed E-state index contributed by atoms with van der Waals surface area (Å²) < 4.78 is 31.5. The van der Waals surface area contributed by atoms with E-state index in [9.17, 15) is 23.6 Å². The molecule has 0 bridgehead atoms. The number of nitrogens with zero attached hydrogens (tertiary/aromatic N) is 6. The third-order valence-corrected chi connectivity index (χ3v) is 8.37. The Balaban J connectivity index is 0.000000301. The molecule has 2 aliphatic rings. The van der Waals surface area contributed by atoms with Crippen LogP contribution in [0.25, 0.3) is 0 Å². The molecule has 2 aromatic heterocycles. The number of likely N-dealkylation sites (N-methyl/N-ethyl adjacent to an activating group) is 1. The number of rotatable bonds is 6. The summed E-state index contributed by atoms with van der Waals surface area (Å²) in [6, 6.07) is 7.46. The average molecular weight is 646 g/mol. The number of amides is 3. The molecule has 0 radical (unpaired) electrons. The number of aromatic nitrogens is 4. The largest absolute Gasteiger partial charge is 0.347 e. The first-order valence-corrected chi connectivity index (χ1v) is 15.3. The fraction of sp³-hybridized carbons (Fsp3) is 0.353. The Labute approximate surface area is 271 Å². The lowest BCUT2D eigenvalue weighted by Gasteiger charge is -2.45. The van der Waals surface area contributed by atoms with Crippen molar-refractivity contribution in [2.24, 2.45) is 11.8 Å². The number of carbonyl (C=O) groups is 4. The normalized spacial score (nSPS) is 18.3. The van der Waals surface area contributed by atoms with Crippen LogP contribution in [0.4, 0.5) is 13.6 Å². The lowest BCUT2D eigenvalue weighted by Crippen LogP contribution is -2.67. The fourth-order valence-electron chi connectivity index (χ4n) is 6.12. The van der Waals surface area contributed by atoms with Crippen LogP contribution in [-0.4, -0.2) is 78.8 Å². The van der Waals surface area contributed by atoms with E-state index in [2.05, 4.69) is 15.3 Å². The van der Waals surface area contributed by atoms with E-state index in [0.29, 0.717) is 25.3 Å². The topological polar surface area (TPSA) is 122 Å². The van der Waals surface area contributed by atoms with Gasteiger partial charge in [0.15, 0.2) is 0 Å². The minimum absolute atomic E-state index is 0.0292. The van der Waals surface area contributed by atoms with Crippen molar-refractivity contribution in [3.63, 3.8) is 0 Å². The molecule has 1 fully saturated rings. The van der Waals surface area contributed by atoms with Crippen molar-refractivity contribution in [3.05, 3.63) is 108 Å². The summed E-state index contributed by atoms with van der Waals surface area (Å²) in [5, 5.41) is 2.92. The smallest absolute Gasteiger partial charge is 0.338 e. The van der Waals surface area contributed by atoms with Crippen molar-refractivity contribution in [2.75, 3.05) is 14.1 Å². The maximum Gasteiger partial charge on any atom is 0.338 e. The predicted octanol–water partition coefficient (Wildman–Crippen LogP) is 3.85. The monoisotopic (exact) mass is 645 g/mol. The van der Waals surface area contributed by atoms with E-state index in [1.54, 1.807) is 24.8 Å². The minimum atomic E-state index is -1.39. The quantitative estimate of drug-likeness (QED) is 0.340. The van der Waals surface area contributed by atoms with Crippen LogP contribution < -0.4 is 5.32 Å². The molecule has 6 rings (SSSR count). The van der Waals surface area contributed by atoms with Crippen molar-refractivity contribution in [3.8, 4) is 0 Å². The molecular formula is C34H37F2N7O4. The van der Waals surface area contributed by atoms with Crippen molar-refractivity contribution in [1.82, 2.24) is 34.2 Å². The molecule has 3 atom stereocenters. The predicted molar refractivity (Wildman–Crippen MR) is 168 cm³/mol. The van der Waals surface area contributed by atoms with Crippen molar-refractivity contribution < 1.29 is 28.0 Å². The highest BCUT2D eigenvalue weighted by Crippen LogP contribution is 2.36. The van der Waals surface area contributed by atoms with Crippen LogP contribution >= 0.6 is 0 Å². The molecule has 1 aliphatic heterocycles. The molecular weight excluding hydrogens is 608 g/mol. The Kier molecular flexibility index (Phi) is 9.92. The second-order valence-electron chi connectivity index (χ2n) is 12.3. The summed E-state index contributed by atoms with van der Waals surface area (Å²) in [6.07, 6.45) is 10.7. The summed E-state index contributed by atoms with van der Waals surface area (Å²) in [4.78, 5) is 62.3. The van der Waals surface area contributed by atoms with Gasteiger partial charge in [-0.05, 0) is 48.3 Å². The highest BCUT2D eigenvalue weighted by Gasteiger charge is 2.50. The molecule has 1 aliphatic carbocycles. The van der Waals surface area contributed by atoms with Gasteiger partial charge in [-0.2, -0.15) is 0 Å². The van der Waals surface area contributed by atoms with Gasteiger partial charge in [-0.15, -0.1) is 0 Å². The van der Waals surface area contributed by atoms with Gasteiger partial charge in [0.25, 0.3) is 0 Å². The molecule has 0 saturated carbocycles. The standard InChI is InChI=1S/C27H31F2N3O3.C7H6N4O/c1-15(2)11-22-25(33)30-23(18-12-16-7-5-6-8-17(16)13-18)26(34)32(22)24(27(35)31(3)4)20-10-9-19(28)14-21(20)29;12-7(10-3-1-8-5-10)11-4-2-9-6-11/h5-10,14-15,18,22-24H,11-13H2,1-4H3,(H,30,33);1-6H/t22-,23-,24-;/m1./s1. The molecule has 0 spiro atoms. The lowest BCUT2D eigenvalue weighted by molar-refractivity contribution is -0.159. The molecule has 1 saturated heterocycles. The van der Waals surface area contributed by atoms with Crippen LogP contribution in [0.2, 0.25) is 0 Å². The average Bonchev–Trinajstić information content (AvgIpc) is 3.83. The Morgan fingerprint density at radius 3 is 2.04 bits per heavy atom. The third-order valence-electron chi connectivity index (χ3n) is 8.37. The summed E-state index contributed by atoms with van der Waals surface area (Å²) in [7, 11) is 3.02. The summed E-state index contributed by atoms with van der Waals surface area (Å²) in [6.45, 7) is 3.83. The molecule has 3 amide bonds. The molecule has 11 nitrogen and oxygen atoms in total. The van der Waals surface area contributed by atoms with Gasteiger partial charge in [0.1, 0.15) is 42.4 Å². The number of nitrogens with one attached hydrogen (secondary N) is 1. The van der Waals surface area contributed by atoms with Gasteiger partial charge < -0.3 is 15.1 Å². The molecule has 2 aromatic carbocycles. The SMILES string of the molecule is CC(C)C[C@@H]1C(=O)N[C@H](C2Cc3ccccc3C2)C(=O)N1[C@@H](C(=O)N(C)C)c1ccc(F)cc1F.O=C(n1ccnc1)n1ccnc1. The Morgan fingerprint density at radius 2 is 1.55 bits per heavy atom. The lowest BCUT2D eigenvalue weighted by atomic mass is 9.87. The number of benzene rings is 2. The van der Waals surface area contributed by atoms with Gasteiger partial charge >= 0.3 is 6.03 Å². The van der Waals surface area contributed by atoms with Crippen molar-refractivity contribution >= 4 is 23.8 Å². The van der Waals surface area contributed by atoms with Gasteiger partial charge in [-0.3, -0.25) is 23.5 Å². The van der Waals surface area contributed by atoms with Crippen LogP contribution in [-0.2, 0) is 27.2 Å². The zero-order valence-corrected chi connectivity index (χ0v) is 26.6. The molecule has 1 N–H and O–H groups in total. The maximum absolute atomic E-state index is 15.0. The van der Waals surface area contributed by atoms with E-state index in [4.69, 9.17) is 0 Å². The molecule has 3 heterocycles. The third kappa shape index (κ3) is 7.13. The van der Waals surface area contributed by atoms with Crippen LogP contribution in [0.3, 0.4) is 0 Å². The Morgan fingerprint density at radius 1 is 0.957 bits per heavy atom. The number of piperazine rings is 1. The zero-order chi connectivity index (χ0) is 33.8. The van der Waals surface area contributed by atoms with Crippen molar-refractivity contribution in [2.45, 2.75) is 51.2 Å². The second kappa shape index (κ2) is 14.1. The molecule has 4 aromatic rings. The van der Waals surface area contributed by atoms with E-state index in [1.807, 2.05) is 38.1 Å². The first-order valence-electron chi connectivity index (χ1n) is 15.3. The fourth-order valence-corrected chi connectivity index (χ4v) is 6.12. The van der Waals surface area contributed by atoms with Gasteiger partial charge in [0.05, 0.1) is 0 Å². The first-order chi connectivity index (χ1) is 22.5. The van der Waals surface area contributed by atoms with Crippen LogP contribution in [0.5, 0.6) is 0 Å². The highest BCUT2D eigenvalue weighted by atomic mass is 19.1. The zero-order valence-electron chi connectivity index (χ0n) is 26.6. The number of halogens is 2. The number of hydrogen-bond donors (Lipinski definition) is 1. The Bertz CT molecular complexity index is 1680. The summed E-state index contributed by atoms with van der Waals surface area (Å²) in [5.41, 5.74) is 2.12. The van der Waals surface area contributed by atoms with Gasteiger partial charge in [0.2, 0.25) is 17.7 Å².